The smallest absolute Gasteiger partial charge is 0.00387 e. The summed E-state index contributed by atoms with van der Waals surface area (Å²) in [7, 11) is 0. The van der Waals surface area contributed by atoms with Crippen LogP contribution in [0.5, 0.6) is 0 Å². The molecule has 0 aromatic carbocycles. The van der Waals surface area contributed by atoms with Gasteiger partial charge in [0.1, 0.15) is 0 Å². The first-order chi connectivity index (χ1) is 7.97. The number of hydrogen-bond acceptors (Lipinski definition) is 2. The van der Waals surface area contributed by atoms with E-state index in [0.717, 1.165) is 12.5 Å². The van der Waals surface area contributed by atoms with E-state index in [9.17, 15) is 0 Å². The lowest BCUT2D eigenvalue weighted by Crippen LogP contribution is -2.39. The topological polar surface area (TPSA) is 15.3 Å². The molecule has 1 N–H and O–H groups in total. The van der Waals surface area contributed by atoms with Crippen molar-refractivity contribution in [2.75, 3.05) is 19.6 Å². The zero-order valence-electron chi connectivity index (χ0n) is 12.9. The van der Waals surface area contributed by atoms with Gasteiger partial charge in [-0.25, -0.2) is 0 Å². The summed E-state index contributed by atoms with van der Waals surface area (Å²) in [5.74, 6) is 0.737. The highest BCUT2D eigenvalue weighted by Crippen LogP contribution is 2.07. The zero-order chi connectivity index (χ0) is 13.3. The Kier molecular flexibility index (Phi) is 9.85. The minimum Gasteiger partial charge on any atom is -0.314 e. The van der Waals surface area contributed by atoms with Gasteiger partial charge in [0, 0.05) is 18.6 Å². The van der Waals surface area contributed by atoms with E-state index in [1.807, 2.05) is 0 Å². The Morgan fingerprint density at radius 2 is 1.65 bits per heavy atom. The van der Waals surface area contributed by atoms with Crippen LogP contribution in [0.15, 0.2) is 0 Å². The molecule has 1 atom stereocenters. The first-order valence-corrected chi connectivity index (χ1v) is 7.44. The van der Waals surface area contributed by atoms with Crippen LogP contribution in [0.3, 0.4) is 0 Å². The lowest BCUT2D eigenvalue weighted by Gasteiger charge is -2.29. The number of hydrogen-bond donors (Lipinski definition) is 1. The highest BCUT2D eigenvalue weighted by atomic mass is 15.1. The summed E-state index contributed by atoms with van der Waals surface area (Å²) in [6.07, 6.45) is 4.03. The molecule has 0 aliphatic heterocycles. The normalized spacial score (nSPS) is 13.9. The number of nitrogens with zero attached hydrogens (tertiary/aromatic N) is 1. The van der Waals surface area contributed by atoms with Crippen molar-refractivity contribution < 1.29 is 0 Å². The predicted molar refractivity (Wildman–Crippen MR) is 78.5 cm³/mol. The quantitative estimate of drug-likeness (QED) is 0.590. The van der Waals surface area contributed by atoms with Crippen LogP contribution in [0.1, 0.15) is 60.8 Å². The minimum absolute atomic E-state index is 0.602. The maximum Gasteiger partial charge on any atom is 0.00387 e. The van der Waals surface area contributed by atoms with Gasteiger partial charge < -0.3 is 10.2 Å². The summed E-state index contributed by atoms with van der Waals surface area (Å²) in [6, 6.07) is 1.28. The van der Waals surface area contributed by atoms with E-state index in [2.05, 4.69) is 51.8 Å². The molecule has 1 unspecified atom stereocenters. The van der Waals surface area contributed by atoms with E-state index in [1.54, 1.807) is 0 Å². The van der Waals surface area contributed by atoms with E-state index in [0.29, 0.717) is 12.1 Å². The molecule has 104 valence electrons. The fourth-order valence-electron chi connectivity index (χ4n) is 2.03. The Morgan fingerprint density at radius 1 is 1.00 bits per heavy atom. The van der Waals surface area contributed by atoms with Gasteiger partial charge in [0.2, 0.25) is 0 Å². The average molecular weight is 242 g/mol. The molecule has 17 heavy (non-hydrogen) atoms. The highest BCUT2D eigenvalue weighted by Gasteiger charge is 2.13. The largest absolute Gasteiger partial charge is 0.314 e. The molecule has 0 aliphatic rings. The molecule has 0 rings (SSSR count). The van der Waals surface area contributed by atoms with Crippen molar-refractivity contribution in [2.24, 2.45) is 5.92 Å². The molecule has 0 amide bonds. The monoisotopic (exact) mass is 242 g/mol. The summed E-state index contributed by atoms with van der Waals surface area (Å²) in [5, 5.41) is 3.53. The van der Waals surface area contributed by atoms with Crippen LogP contribution < -0.4 is 5.32 Å². The molecule has 2 heteroatoms. The molecule has 2 nitrogen and oxygen atoms in total. The van der Waals surface area contributed by atoms with Gasteiger partial charge in [-0.15, -0.1) is 0 Å². The molecule has 0 radical (unpaired) electrons. The van der Waals surface area contributed by atoms with E-state index >= 15 is 0 Å². The van der Waals surface area contributed by atoms with Crippen molar-refractivity contribution in [3.8, 4) is 0 Å². The van der Waals surface area contributed by atoms with Crippen LogP contribution in [0.4, 0.5) is 0 Å². The molecule has 0 saturated carbocycles. The number of unbranched alkanes of at least 4 members (excludes halogenated alkanes) is 2. The molecule has 0 spiro atoms. The zero-order valence-corrected chi connectivity index (χ0v) is 12.9. The van der Waals surface area contributed by atoms with Gasteiger partial charge in [-0.2, -0.15) is 0 Å². The van der Waals surface area contributed by atoms with Crippen LogP contribution in [-0.2, 0) is 0 Å². The van der Waals surface area contributed by atoms with Crippen LogP contribution in [0, 0.1) is 5.92 Å². The molecular weight excluding hydrogens is 208 g/mol. The van der Waals surface area contributed by atoms with Gasteiger partial charge in [-0.1, -0.05) is 40.5 Å². The lowest BCUT2D eigenvalue weighted by atomic mass is 10.1. The third-order valence-corrected chi connectivity index (χ3v) is 3.20. The first-order valence-electron chi connectivity index (χ1n) is 7.44. The highest BCUT2D eigenvalue weighted by molar-refractivity contribution is 4.69. The lowest BCUT2D eigenvalue weighted by molar-refractivity contribution is 0.186. The first kappa shape index (κ1) is 16.9. The second-order valence-electron chi connectivity index (χ2n) is 5.96. The maximum absolute atomic E-state index is 3.53. The van der Waals surface area contributed by atoms with Crippen molar-refractivity contribution in [3.05, 3.63) is 0 Å². The van der Waals surface area contributed by atoms with Crippen LogP contribution in [0.25, 0.3) is 0 Å². The van der Waals surface area contributed by atoms with Gasteiger partial charge in [0.15, 0.2) is 0 Å². The third kappa shape index (κ3) is 9.61. The van der Waals surface area contributed by atoms with Crippen LogP contribution in [0.2, 0.25) is 0 Å². The molecule has 0 aliphatic carbocycles. The van der Waals surface area contributed by atoms with E-state index in [-0.39, 0.29) is 0 Å². The molecule has 0 heterocycles. The van der Waals surface area contributed by atoms with Gasteiger partial charge >= 0.3 is 0 Å². The summed E-state index contributed by atoms with van der Waals surface area (Å²) >= 11 is 0. The average Bonchev–Trinajstić information content (AvgIpc) is 2.25. The SMILES string of the molecule is CCCCCN(CC(C)CNC(C)C)C(C)C. The Balaban J connectivity index is 3.88. The van der Waals surface area contributed by atoms with Crippen molar-refractivity contribution in [2.45, 2.75) is 72.9 Å². The second kappa shape index (κ2) is 9.90. The Bertz CT molecular complexity index is 166. The van der Waals surface area contributed by atoms with Crippen molar-refractivity contribution in [1.82, 2.24) is 10.2 Å². The molecule has 0 bridgehead atoms. The Labute approximate surface area is 109 Å². The van der Waals surface area contributed by atoms with Crippen LogP contribution >= 0.6 is 0 Å². The predicted octanol–water partition coefficient (Wildman–Crippen LogP) is 3.52. The van der Waals surface area contributed by atoms with E-state index in [4.69, 9.17) is 0 Å². The summed E-state index contributed by atoms with van der Waals surface area (Å²) in [6.45, 7) is 17.3. The number of nitrogens with one attached hydrogen (secondary N) is 1. The van der Waals surface area contributed by atoms with E-state index < -0.39 is 0 Å². The summed E-state index contributed by atoms with van der Waals surface area (Å²) in [5.41, 5.74) is 0. The summed E-state index contributed by atoms with van der Waals surface area (Å²) < 4.78 is 0. The summed E-state index contributed by atoms with van der Waals surface area (Å²) in [4.78, 5) is 2.63. The Morgan fingerprint density at radius 3 is 2.12 bits per heavy atom. The fourth-order valence-corrected chi connectivity index (χ4v) is 2.03. The molecule has 0 aromatic heterocycles. The molecule has 0 aromatic rings. The second-order valence-corrected chi connectivity index (χ2v) is 5.96. The van der Waals surface area contributed by atoms with E-state index in [1.165, 1.54) is 32.4 Å². The third-order valence-electron chi connectivity index (χ3n) is 3.20. The Hall–Kier alpha value is -0.0800. The van der Waals surface area contributed by atoms with Gasteiger partial charge in [0.05, 0.1) is 0 Å². The standard InChI is InChI=1S/C15H34N2/c1-7-8-9-10-17(14(4)5)12-15(6)11-16-13(2)3/h13-16H,7-12H2,1-6H3. The minimum atomic E-state index is 0.602. The van der Waals surface area contributed by atoms with Gasteiger partial charge in [-0.3, -0.25) is 0 Å². The van der Waals surface area contributed by atoms with Gasteiger partial charge in [-0.05, 0) is 39.3 Å². The van der Waals surface area contributed by atoms with Crippen molar-refractivity contribution in [1.29, 1.82) is 0 Å². The van der Waals surface area contributed by atoms with Crippen molar-refractivity contribution in [3.63, 3.8) is 0 Å². The molecule has 0 fully saturated rings. The molecule has 0 saturated heterocycles. The molecular formula is C15H34N2. The number of rotatable bonds is 10. The van der Waals surface area contributed by atoms with Gasteiger partial charge in [0.25, 0.3) is 0 Å². The van der Waals surface area contributed by atoms with Crippen LogP contribution in [-0.4, -0.2) is 36.6 Å². The maximum atomic E-state index is 3.53. The fraction of sp³-hybridized carbons (Fsp3) is 1.00. The van der Waals surface area contributed by atoms with Crippen molar-refractivity contribution >= 4 is 0 Å².